The van der Waals surface area contributed by atoms with Crippen LogP contribution in [0.25, 0.3) is 34.4 Å². The highest BCUT2D eigenvalue weighted by atomic mass is 79.9. The Balaban J connectivity index is 0.000000173. The Bertz CT molecular complexity index is 3310. The fraction of sp³-hybridized carbons (Fsp3) is 0. The Morgan fingerprint density at radius 3 is 1.63 bits per heavy atom. The number of allylic oxidation sites excluding steroid dienone is 1. The van der Waals surface area contributed by atoms with E-state index in [9.17, 15) is 29.8 Å². The van der Waals surface area contributed by atoms with Crippen LogP contribution in [0.2, 0.25) is 0 Å². The number of carbonyl (C=O) groups excluding carboxylic acids is 2. The molecule has 0 saturated carbocycles. The summed E-state index contributed by atoms with van der Waals surface area (Å²) in [5.41, 5.74) is 11.3. The van der Waals surface area contributed by atoms with Crippen molar-refractivity contribution < 1.29 is 19.4 Å². The third kappa shape index (κ3) is 12.6. The number of halogens is 2. The maximum Gasteiger partial charge on any atom is 0.278 e. The zero-order valence-corrected chi connectivity index (χ0v) is 40.1. The van der Waals surface area contributed by atoms with Gasteiger partial charge in [0.2, 0.25) is 5.78 Å². The molecular weight excluding hydrogens is 1010 g/mol. The predicted octanol–water partition coefficient (Wildman–Crippen LogP) is 14.1. The largest absolute Gasteiger partial charge is 0.383 e. The number of nitrogens with two attached hydrogens (primary N) is 1. The Hall–Kier alpha value is -8.72. The van der Waals surface area contributed by atoms with E-state index in [1.807, 2.05) is 121 Å². The van der Waals surface area contributed by atoms with Crippen LogP contribution in [-0.4, -0.2) is 36.8 Å². The lowest BCUT2D eigenvalue weighted by atomic mass is 10.0. The summed E-state index contributed by atoms with van der Waals surface area (Å²) >= 11 is 6.84. The zero-order valence-electron chi connectivity index (χ0n) is 37.0. The molecule has 9 aromatic rings. The van der Waals surface area contributed by atoms with Gasteiger partial charge < -0.3 is 5.73 Å². The minimum absolute atomic E-state index is 0.0142. The highest BCUT2D eigenvalue weighted by molar-refractivity contribution is 9.10. The van der Waals surface area contributed by atoms with Crippen LogP contribution in [-0.2, 0) is 0 Å². The number of benzene rings is 8. The molecule has 0 amide bonds. The number of imidazole rings is 1. The number of nitrogens with zero attached hydrogens (tertiary/aromatic N) is 5. The SMILES string of the molecule is NC(=Nc1ccccc1)c1ccc(Br)cc1.O=C(C=Cc1ccccc1[N+](=O)[O-])c1ccccc1.O=C(c1ccccc1)c1c(-c2ccccc2[N+](=O)[O-])nc(-c2ccc(Br)cc2)n1-c1ccccc1. The van der Waals surface area contributed by atoms with E-state index in [4.69, 9.17) is 10.7 Å². The summed E-state index contributed by atoms with van der Waals surface area (Å²) in [6.45, 7) is 0. The zero-order chi connectivity index (χ0) is 49.4. The third-order valence-electron chi connectivity index (χ3n) is 10.4. The molecule has 14 heteroatoms. The monoisotopic (exact) mass is 1050 g/mol. The number of hydrogen-bond acceptors (Lipinski definition) is 8. The summed E-state index contributed by atoms with van der Waals surface area (Å²) in [6.07, 6.45) is 2.81. The van der Waals surface area contributed by atoms with Crippen molar-refractivity contribution >= 4 is 72.4 Å². The van der Waals surface area contributed by atoms with Crippen LogP contribution < -0.4 is 5.73 Å². The van der Waals surface area contributed by atoms with Crippen molar-refractivity contribution in [3.63, 3.8) is 0 Å². The van der Waals surface area contributed by atoms with Crippen molar-refractivity contribution in [3.8, 4) is 28.3 Å². The van der Waals surface area contributed by atoms with Crippen LogP contribution in [0.15, 0.2) is 238 Å². The first kappa shape index (κ1) is 49.2. The predicted molar refractivity (Wildman–Crippen MR) is 283 cm³/mol. The summed E-state index contributed by atoms with van der Waals surface area (Å²) in [4.78, 5) is 56.8. The van der Waals surface area contributed by atoms with E-state index in [2.05, 4.69) is 36.9 Å². The van der Waals surface area contributed by atoms with E-state index in [0.717, 1.165) is 31.4 Å². The second-order valence-corrected chi connectivity index (χ2v) is 16.8. The van der Waals surface area contributed by atoms with Crippen molar-refractivity contribution in [1.29, 1.82) is 0 Å². The molecule has 0 atom stereocenters. The molecule has 0 radical (unpaired) electrons. The lowest BCUT2D eigenvalue weighted by Crippen LogP contribution is -2.12. The molecule has 0 bridgehead atoms. The van der Waals surface area contributed by atoms with Gasteiger partial charge in [0.05, 0.1) is 26.7 Å². The van der Waals surface area contributed by atoms with Crippen LogP contribution in [0.4, 0.5) is 17.1 Å². The molecule has 1 aromatic heterocycles. The average molecular weight is 1050 g/mol. The molecule has 0 aliphatic rings. The molecule has 70 heavy (non-hydrogen) atoms. The number of hydrogen-bond donors (Lipinski definition) is 1. The molecule has 1 heterocycles. The molecule has 0 aliphatic heterocycles. The lowest BCUT2D eigenvalue weighted by molar-refractivity contribution is -0.385. The number of carbonyl (C=O) groups is 2. The van der Waals surface area contributed by atoms with E-state index in [1.165, 1.54) is 24.3 Å². The van der Waals surface area contributed by atoms with Crippen molar-refractivity contribution in [1.82, 2.24) is 9.55 Å². The van der Waals surface area contributed by atoms with Gasteiger partial charge in [-0.1, -0.05) is 177 Å². The summed E-state index contributed by atoms with van der Waals surface area (Å²) in [7, 11) is 0. The summed E-state index contributed by atoms with van der Waals surface area (Å²) < 4.78 is 3.72. The van der Waals surface area contributed by atoms with Gasteiger partial charge in [-0.05, 0) is 72.8 Å². The molecule has 0 spiro atoms. The van der Waals surface area contributed by atoms with Crippen molar-refractivity contribution in [2.75, 3.05) is 0 Å². The topological polar surface area (TPSA) is 177 Å². The maximum atomic E-state index is 14.0. The fourth-order valence-electron chi connectivity index (χ4n) is 6.98. The van der Waals surface area contributed by atoms with Crippen LogP contribution >= 0.6 is 31.9 Å². The Morgan fingerprint density at radius 2 is 1.04 bits per heavy atom. The molecule has 8 aromatic carbocycles. The molecular formula is C56H40Br2N6O6. The van der Waals surface area contributed by atoms with Crippen molar-refractivity contribution in [3.05, 3.63) is 282 Å². The molecule has 344 valence electrons. The number of aromatic nitrogens is 2. The van der Waals surface area contributed by atoms with Gasteiger partial charge in [-0.25, -0.2) is 9.98 Å². The first-order valence-electron chi connectivity index (χ1n) is 21.4. The highest BCUT2D eigenvalue weighted by Gasteiger charge is 2.30. The van der Waals surface area contributed by atoms with Gasteiger partial charge in [0.15, 0.2) is 5.78 Å². The molecule has 0 unspecified atom stereocenters. The fourth-order valence-corrected chi connectivity index (χ4v) is 7.51. The first-order valence-corrected chi connectivity index (χ1v) is 23.0. The average Bonchev–Trinajstić information content (AvgIpc) is 3.80. The number of para-hydroxylation sites is 4. The van der Waals surface area contributed by atoms with Gasteiger partial charge in [-0.3, -0.25) is 34.4 Å². The number of rotatable bonds is 12. The quantitative estimate of drug-likeness (QED) is 0.0314. The van der Waals surface area contributed by atoms with E-state index in [-0.39, 0.29) is 39.9 Å². The Labute approximate surface area is 419 Å². The number of amidine groups is 1. The van der Waals surface area contributed by atoms with Crippen LogP contribution in [0.5, 0.6) is 0 Å². The number of nitro benzene ring substituents is 2. The van der Waals surface area contributed by atoms with E-state index < -0.39 is 9.85 Å². The minimum atomic E-state index is -0.466. The van der Waals surface area contributed by atoms with E-state index >= 15 is 0 Å². The number of nitro groups is 2. The molecule has 0 saturated heterocycles. The van der Waals surface area contributed by atoms with Gasteiger partial charge in [0.1, 0.15) is 23.0 Å². The summed E-state index contributed by atoms with van der Waals surface area (Å²) in [5, 5.41) is 22.7. The van der Waals surface area contributed by atoms with E-state index in [1.54, 1.807) is 89.5 Å². The smallest absolute Gasteiger partial charge is 0.278 e. The Kier molecular flexibility index (Phi) is 16.7. The van der Waals surface area contributed by atoms with Gasteiger partial charge in [0.25, 0.3) is 11.4 Å². The first-order chi connectivity index (χ1) is 34.0. The van der Waals surface area contributed by atoms with Gasteiger partial charge >= 0.3 is 0 Å². The normalized spacial score (nSPS) is 10.9. The van der Waals surface area contributed by atoms with Crippen LogP contribution in [0, 0.1) is 20.2 Å². The highest BCUT2D eigenvalue weighted by Crippen LogP contribution is 2.38. The van der Waals surface area contributed by atoms with Crippen LogP contribution in [0.3, 0.4) is 0 Å². The van der Waals surface area contributed by atoms with Crippen molar-refractivity contribution in [2.45, 2.75) is 0 Å². The second kappa shape index (κ2) is 23.8. The molecule has 2 N–H and O–H groups in total. The molecule has 0 aliphatic carbocycles. The maximum absolute atomic E-state index is 14.0. The van der Waals surface area contributed by atoms with E-state index in [0.29, 0.717) is 28.4 Å². The summed E-state index contributed by atoms with van der Waals surface area (Å²) in [5.74, 6) is 0.576. The molecule has 0 fully saturated rings. The van der Waals surface area contributed by atoms with Gasteiger partial charge in [0, 0.05) is 49.0 Å². The number of aliphatic imine (C=N–C) groups is 1. The van der Waals surface area contributed by atoms with Crippen molar-refractivity contribution in [2.24, 2.45) is 10.7 Å². The minimum Gasteiger partial charge on any atom is -0.383 e. The van der Waals surface area contributed by atoms with Crippen LogP contribution in [0.1, 0.15) is 37.5 Å². The number of ketones is 2. The van der Waals surface area contributed by atoms with Gasteiger partial charge in [-0.15, -0.1) is 0 Å². The summed E-state index contributed by atoms with van der Waals surface area (Å²) in [6, 6.07) is 64.7. The third-order valence-corrected chi connectivity index (χ3v) is 11.4. The Morgan fingerprint density at radius 1 is 0.557 bits per heavy atom. The molecule has 12 nitrogen and oxygen atoms in total. The standard InChI is InChI=1S/C28H18BrN3O3.C15H11NO3.C13H11BrN2/c29-21-17-15-20(16-18-21)28-30-25(23-13-7-8-14-24(23)32(34)35)26(27(33)19-9-3-1-4-10-19)31(28)22-11-5-2-6-12-22;17-15(13-7-2-1-3-8-13)11-10-12-6-4-5-9-14(12)16(18)19;14-11-8-6-10(7-9-11)13(15)16-12-4-2-1-3-5-12/h1-18H;1-11H;1-9H,(H2,15,16). The second-order valence-electron chi connectivity index (χ2n) is 15.0. The lowest BCUT2D eigenvalue weighted by Gasteiger charge is -2.13. The molecule has 9 rings (SSSR count). The van der Waals surface area contributed by atoms with Gasteiger partial charge in [-0.2, -0.15) is 0 Å².